The van der Waals surface area contributed by atoms with Crippen molar-refractivity contribution in [2.45, 2.75) is 159 Å². The molecule has 2 N–H and O–H groups in total. The van der Waals surface area contributed by atoms with E-state index in [2.05, 4.69) is 10.7 Å². The van der Waals surface area contributed by atoms with Crippen molar-refractivity contribution in [1.29, 1.82) is 0 Å². The Balaban J connectivity index is 0.000000401. The van der Waals surface area contributed by atoms with E-state index < -0.39 is 67.4 Å². The average molecular weight is 939 g/mol. The molecule has 60 heavy (non-hydrogen) atoms. The molecule has 0 radical (unpaired) electrons. The molecule has 0 saturated carbocycles. The third kappa shape index (κ3) is 17.5. The van der Waals surface area contributed by atoms with Gasteiger partial charge < -0.3 is 76.5 Å². The fourth-order valence-electron chi connectivity index (χ4n) is 7.05. The molecular formula is C36H70ClO21S2+. The summed E-state index contributed by atoms with van der Waals surface area (Å²) in [6, 6.07) is 0. The second-order valence-electron chi connectivity index (χ2n) is 16.3. The van der Waals surface area contributed by atoms with Crippen LogP contribution in [0.3, 0.4) is 0 Å². The first-order valence-corrected chi connectivity index (χ1v) is 23.9. The van der Waals surface area contributed by atoms with E-state index in [1.54, 1.807) is 28.1 Å². The summed E-state index contributed by atoms with van der Waals surface area (Å²) < 4.78 is 121. The lowest BCUT2D eigenvalue weighted by Crippen LogP contribution is -2.54. The Bertz CT molecular complexity index is 1520. The van der Waals surface area contributed by atoms with Crippen LogP contribution in [0.2, 0.25) is 0 Å². The highest BCUT2D eigenvalue weighted by Gasteiger charge is 2.53. The summed E-state index contributed by atoms with van der Waals surface area (Å²) >= 11 is 0. The Hall–Kier alpha value is -0.490. The monoisotopic (exact) mass is 937 g/mol. The van der Waals surface area contributed by atoms with Crippen LogP contribution in [0.4, 0.5) is 0 Å². The van der Waals surface area contributed by atoms with Crippen LogP contribution in [-0.2, 0) is 89.7 Å². The Labute approximate surface area is 361 Å². The van der Waals surface area contributed by atoms with Gasteiger partial charge in [-0.15, -0.1) is 0 Å². The maximum atomic E-state index is 11.3. The Kier molecular flexibility index (Phi) is 20.3. The van der Waals surface area contributed by atoms with E-state index in [-0.39, 0.29) is 64.6 Å². The second kappa shape index (κ2) is 22.6. The van der Waals surface area contributed by atoms with Gasteiger partial charge >= 0.3 is 1.43 Å². The predicted octanol–water partition coefficient (Wildman–Crippen LogP) is 1.54. The molecular weight excluding hydrogens is 868 g/mol. The summed E-state index contributed by atoms with van der Waals surface area (Å²) in [5.41, 5.74) is 0. The maximum absolute atomic E-state index is 11.3. The number of ether oxygens (including phenoxy) is 14. The van der Waals surface area contributed by atoms with Crippen molar-refractivity contribution in [2.24, 2.45) is 5.92 Å². The molecule has 7 heterocycles. The molecule has 0 aromatic carbocycles. The molecule has 0 spiro atoms. The van der Waals surface area contributed by atoms with E-state index in [0.717, 1.165) is 18.9 Å². The van der Waals surface area contributed by atoms with Crippen molar-refractivity contribution in [3.05, 3.63) is 0 Å². The van der Waals surface area contributed by atoms with Gasteiger partial charge in [0.1, 0.15) is 36.6 Å². The third-order valence-electron chi connectivity index (χ3n) is 9.57. The van der Waals surface area contributed by atoms with Crippen molar-refractivity contribution in [3.63, 3.8) is 0 Å². The smallest absolute Gasteiger partial charge is 0.393 e. The van der Waals surface area contributed by atoms with Crippen molar-refractivity contribution in [1.82, 2.24) is 0 Å². The number of methoxy groups -OCH3 is 4. The number of aliphatic hydroxyl groups is 2. The fraction of sp³-hybridized carbons (Fsp3) is 1.00. The Morgan fingerprint density at radius 1 is 0.600 bits per heavy atom. The van der Waals surface area contributed by atoms with E-state index in [1.807, 2.05) is 34.6 Å². The molecule has 4 unspecified atom stereocenters. The van der Waals surface area contributed by atoms with Gasteiger partial charge in [-0.3, -0.25) is 4.18 Å². The zero-order valence-electron chi connectivity index (χ0n) is 37.7. The molecule has 7 saturated heterocycles. The molecule has 358 valence electrons. The zero-order valence-corrected chi connectivity index (χ0v) is 39.1. The highest BCUT2D eigenvalue weighted by atomic mass is 35.7. The van der Waals surface area contributed by atoms with Gasteiger partial charge in [0.25, 0.3) is 10.1 Å². The van der Waals surface area contributed by atoms with Crippen LogP contribution in [0.25, 0.3) is 0 Å². The molecule has 7 rings (SSSR count). The second-order valence-corrected chi connectivity index (χ2v) is 21.0. The van der Waals surface area contributed by atoms with Gasteiger partial charge in [0.05, 0.1) is 51.1 Å². The standard InChI is InChI=1S/C10H18O7S.C9H16O5.C9H16O4.C7H14O3.CH3ClO2S.H2/c1-10(2)15-6-5-14-9(13-3)8(7(6)16-10)17-18(4,11)12;1-9(2)13-5-4-12-8(11-3)6(10)7(5)14-9;1-9(2)12-6-4-8(10-3)11-5-7(6)13-9;1-5-4-10-7(9-2)3-6(5)8;1-5(2,3)4;/h6-9H,5H2,1-4H3;5-8,10H,4H2,1-3H3;6-8H,4-5H2,1-3H3;5-8H,3-4H2,1-2H3;1H3;1H/p+1/t6-,7-,8+,9?;5-,6+,7-,8?;6-,7+,8?;5-,6+,7?;;/m0010../s1. The summed E-state index contributed by atoms with van der Waals surface area (Å²) in [6.45, 7) is 14.8. The van der Waals surface area contributed by atoms with Crippen molar-refractivity contribution >= 4 is 29.9 Å². The van der Waals surface area contributed by atoms with Crippen LogP contribution in [0.5, 0.6) is 0 Å². The minimum Gasteiger partial charge on any atom is -0.393 e. The van der Waals surface area contributed by atoms with Crippen LogP contribution in [0.15, 0.2) is 0 Å². The van der Waals surface area contributed by atoms with E-state index in [9.17, 15) is 27.0 Å². The van der Waals surface area contributed by atoms with Gasteiger partial charge in [-0.05, 0) is 41.5 Å². The quantitative estimate of drug-likeness (QED) is 0.283. The van der Waals surface area contributed by atoms with E-state index in [1.165, 1.54) is 14.2 Å². The van der Waals surface area contributed by atoms with Gasteiger partial charge in [-0.1, -0.05) is 6.92 Å². The van der Waals surface area contributed by atoms with E-state index in [0.29, 0.717) is 26.2 Å². The van der Waals surface area contributed by atoms with Crippen LogP contribution in [0, 0.1) is 5.92 Å². The first kappa shape index (κ1) is 53.8. The van der Waals surface area contributed by atoms with Gasteiger partial charge in [0.15, 0.2) is 48.6 Å². The summed E-state index contributed by atoms with van der Waals surface area (Å²) in [5, 5.41) is 19.1. The number of fused-ring (bicyclic) bond motifs is 3. The minimum absolute atomic E-state index is 0. The molecule has 0 aromatic rings. The normalized spacial score (nSPS) is 39.9. The minimum atomic E-state index is -3.64. The highest BCUT2D eigenvalue weighted by molar-refractivity contribution is 8.13. The van der Waals surface area contributed by atoms with E-state index in [4.69, 9.17) is 70.5 Å². The zero-order chi connectivity index (χ0) is 45.4. The van der Waals surface area contributed by atoms with Crippen molar-refractivity contribution in [2.75, 3.05) is 67.4 Å². The Morgan fingerprint density at radius 3 is 1.52 bits per heavy atom. The first-order valence-electron chi connectivity index (χ1n) is 19.4. The molecule has 0 aliphatic carbocycles. The molecule has 7 aliphatic heterocycles. The molecule has 0 bridgehead atoms. The number of hydrogen-bond donors (Lipinski definition) is 2. The lowest BCUT2D eigenvalue weighted by molar-refractivity contribution is -0.241. The van der Waals surface area contributed by atoms with Crippen LogP contribution >= 0.6 is 10.7 Å². The number of aliphatic hydroxyl groups excluding tert-OH is 2. The number of rotatable bonds is 6. The molecule has 0 amide bonds. The topological polar surface area (TPSA) is 247 Å². The highest BCUT2D eigenvalue weighted by Crippen LogP contribution is 2.37. The van der Waals surface area contributed by atoms with Gasteiger partial charge in [0.2, 0.25) is 9.05 Å². The maximum Gasteiger partial charge on any atom is 1.00 e. The Morgan fingerprint density at radius 2 is 1.02 bits per heavy atom. The molecule has 7 aliphatic rings. The predicted molar refractivity (Wildman–Crippen MR) is 213 cm³/mol. The van der Waals surface area contributed by atoms with Crippen LogP contribution in [0.1, 0.15) is 64.2 Å². The molecule has 24 heteroatoms. The molecule has 14 atom stereocenters. The van der Waals surface area contributed by atoms with Crippen LogP contribution < -0.4 is 0 Å². The van der Waals surface area contributed by atoms with Crippen LogP contribution in [-0.4, -0.2) is 192 Å². The lowest BCUT2D eigenvalue weighted by atomic mass is 10.0. The van der Waals surface area contributed by atoms with Crippen molar-refractivity contribution in [3.8, 4) is 0 Å². The summed E-state index contributed by atoms with van der Waals surface area (Å²) in [7, 11) is 3.82. The summed E-state index contributed by atoms with van der Waals surface area (Å²) in [4.78, 5) is 0. The molecule has 0 aromatic heterocycles. The van der Waals surface area contributed by atoms with Gasteiger partial charge in [-0.2, -0.15) is 8.42 Å². The van der Waals surface area contributed by atoms with E-state index >= 15 is 0 Å². The SMILES string of the molecule is COC1C[C@@H](O)[C@@H](C)CO1.COC1C[C@H]2OC(C)(C)O[C@H]2CO1.COC1OC[C@@H]2OC(C)(C)O[C@@H]2[C@H]1O.COC1OC[C@@H]2OC(C)(C)O[C@@H]2[C@H]1OS(C)(=O)=O.CS(=O)(=O)Cl.[H+].[HH]. The lowest BCUT2D eigenvalue weighted by Gasteiger charge is -2.35. The summed E-state index contributed by atoms with van der Waals surface area (Å²) in [5.74, 6) is -1.67. The molecule has 21 nitrogen and oxygen atoms in total. The first-order chi connectivity index (χ1) is 27.6. The number of halogens is 1. The molecule has 7 fully saturated rings. The number of hydrogen-bond acceptors (Lipinski definition) is 21. The van der Waals surface area contributed by atoms with Crippen molar-refractivity contribution < 1.29 is 100 Å². The fourth-order valence-corrected chi connectivity index (χ4v) is 7.66. The summed E-state index contributed by atoms with van der Waals surface area (Å²) in [6.07, 6.45) is -1.69. The largest absolute Gasteiger partial charge is 1.00 e. The van der Waals surface area contributed by atoms with Gasteiger partial charge in [-0.25, -0.2) is 8.42 Å². The average Bonchev–Trinajstić information content (AvgIpc) is 3.75. The third-order valence-corrected chi connectivity index (χ3v) is 10.1. The van der Waals surface area contributed by atoms with Gasteiger partial charge in [0, 0.05) is 59.3 Å².